The lowest BCUT2D eigenvalue weighted by atomic mass is 9.89. The van der Waals surface area contributed by atoms with E-state index in [4.69, 9.17) is 16.3 Å². The normalized spacial score (nSPS) is 19.5. The number of amides is 2. The zero-order valence-corrected chi connectivity index (χ0v) is 14.7. The summed E-state index contributed by atoms with van der Waals surface area (Å²) in [6, 6.07) is 3.22. The van der Waals surface area contributed by atoms with Gasteiger partial charge in [0.25, 0.3) is 5.91 Å². The highest BCUT2D eigenvalue weighted by atomic mass is 35.5. The number of likely N-dealkylation sites (tertiary alicyclic amines) is 1. The molecule has 2 fully saturated rings. The van der Waals surface area contributed by atoms with Gasteiger partial charge in [-0.1, -0.05) is 17.7 Å². The highest BCUT2D eigenvalue weighted by Gasteiger charge is 2.49. The second-order valence-electron chi connectivity index (χ2n) is 6.44. The maximum absolute atomic E-state index is 12.9. The number of nitrogens with one attached hydrogen (secondary N) is 1. The first kappa shape index (κ1) is 17.6. The van der Waals surface area contributed by atoms with Crippen molar-refractivity contribution in [3.8, 4) is 0 Å². The molecule has 1 spiro atoms. The topological polar surface area (TPSA) is 58.6 Å². The molecule has 26 heavy (non-hydrogen) atoms. The van der Waals surface area contributed by atoms with Crippen LogP contribution in [0.3, 0.4) is 0 Å². The van der Waals surface area contributed by atoms with E-state index in [-0.39, 0.29) is 41.4 Å². The fourth-order valence-corrected chi connectivity index (χ4v) is 4.75. The quantitative estimate of drug-likeness (QED) is 0.795. The zero-order chi connectivity index (χ0) is 18.7. The lowest BCUT2D eigenvalue weighted by Gasteiger charge is -2.51. The zero-order valence-electron chi connectivity index (χ0n) is 13.2. The number of benzene rings is 1. The summed E-state index contributed by atoms with van der Waals surface area (Å²) in [5.41, 5.74) is -1.37. The maximum atomic E-state index is 12.9. The molecule has 2 aliphatic rings. The van der Waals surface area contributed by atoms with Gasteiger partial charge in [-0.05, 0) is 12.1 Å². The van der Waals surface area contributed by atoms with Crippen LogP contribution in [0.25, 0.3) is 10.1 Å². The number of hydrogen-bond donors (Lipinski definition) is 1. The number of carbonyl (C=O) groups is 2. The van der Waals surface area contributed by atoms with Gasteiger partial charge in [-0.3, -0.25) is 9.59 Å². The average molecular weight is 405 g/mol. The molecular formula is C16H12ClF3N2O3S. The molecule has 1 N–H and O–H groups in total. The Bertz CT molecular complexity index is 921. The maximum Gasteiger partial charge on any atom is 0.416 e. The van der Waals surface area contributed by atoms with E-state index < -0.39 is 17.3 Å². The predicted molar refractivity (Wildman–Crippen MR) is 89.4 cm³/mol. The molecular weight excluding hydrogens is 393 g/mol. The van der Waals surface area contributed by atoms with Crippen molar-refractivity contribution in [1.82, 2.24) is 10.2 Å². The van der Waals surface area contributed by atoms with Gasteiger partial charge >= 0.3 is 6.18 Å². The molecule has 0 aliphatic carbocycles. The Hall–Kier alpha value is -1.84. The number of nitrogens with zero attached hydrogens (tertiary/aromatic N) is 1. The standard InChI is InChI=1S/C16H12ClF3N2O3S/c17-12-9-2-1-8(16(18,19)20)3-10(9)26-13(12)14(24)22-5-15(6-22)7-25-4-11(23)21-15/h1-3H,4-7H2,(H,21,23). The van der Waals surface area contributed by atoms with E-state index in [1.165, 1.54) is 11.0 Å². The number of halogens is 4. The third-order valence-electron chi connectivity index (χ3n) is 4.44. The number of alkyl halides is 3. The van der Waals surface area contributed by atoms with E-state index >= 15 is 0 Å². The summed E-state index contributed by atoms with van der Waals surface area (Å²) in [6.45, 7) is 0.864. The summed E-state index contributed by atoms with van der Waals surface area (Å²) < 4.78 is 44.1. The molecule has 2 saturated heterocycles. The predicted octanol–water partition coefficient (Wildman–Crippen LogP) is 2.91. The Balaban J connectivity index is 1.58. The SMILES string of the molecule is O=C1COCC2(CN(C(=O)c3sc4cc(C(F)(F)F)ccc4c3Cl)C2)N1. The minimum Gasteiger partial charge on any atom is -0.369 e. The first-order valence-electron chi connectivity index (χ1n) is 7.66. The monoisotopic (exact) mass is 404 g/mol. The molecule has 0 saturated carbocycles. The number of fused-ring (bicyclic) bond motifs is 1. The second-order valence-corrected chi connectivity index (χ2v) is 7.87. The molecule has 1 aromatic heterocycles. The van der Waals surface area contributed by atoms with Gasteiger partial charge in [0.15, 0.2) is 0 Å². The van der Waals surface area contributed by atoms with Crippen molar-refractivity contribution in [3.63, 3.8) is 0 Å². The largest absolute Gasteiger partial charge is 0.416 e. The summed E-state index contributed by atoms with van der Waals surface area (Å²) in [6.07, 6.45) is -4.46. The summed E-state index contributed by atoms with van der Waals surface area (Å²) in [7, 11) is 0. The van der Waals surface area contributed by atoms with Gasteiger partial charge in [-0.15, -0.1) is 11.3 Å². The number of carbonyl (C=O) groups excluding carboxylic acids is 2. The molecule has 0 atom stereocenters. The van der Waals surface area contributed by atoms with Crippen LogP contribution in [-0.4, -0.2) is 48.6 Å². The minimum absolute atomic E-state index is 0.000618. The molecule has 0 bridgehead atoms. The van der Waals surface area contributed by atoms with Crippen molar-refractivity contribution in [2.75, 3.05) is 26.3 Å². The molecule has 3 heterocycles. The summed E-state index contributed by atoms with van der Waals surface area (Å²) in [4.78, 5) is 25.8. The van der Waals surface area contributed by atoms with E-state index in [0.29, 0.717) is 16.7 Å². The van der Waals surface area contributed by atoms with Gasteiger partial charge < -0.3 is 15.0 Å². The van der Waals surface area contributed by atoms with Gasteiger partial charge in [0, 0.05) is 23.2 Å². The number of hydrogen-bond acceptors (Lipinski definition) is 4. The van der Waals surface area contributed by atoms with Gasteiger partial charge in [0.2, 0.25) is 5.91 Å². The molecule has 0 unspecified atom stereocenters. The van der Waals surface area contributed by atoms with Gasteiger partial charge in [0.1, 0.15) is 11.5 Å². The fraction of sp³-hybridized carbons (Fsp3) is 0.375. The summed E-state index contributed by atoms with van der Waals surface area (Å²) in [5.74, 6) is -0.599. The van der Waals surface area contributed by atoms with Gasteiger partial charge in [0.05, 0.1) is 22.7 Å². The first-order chi connectivity index (χ1) is 12.2. The Morgan fingerprint density at radius 1 is 1.35 bits per heavy atom. The van der Waals surface area contributed by atoms with Crippen molar-refractivity contribution in [2.45, 2.75) is 11.7 Å². The van der Waals surface area contributed by atoms with E-state index in [2.05, 4.69) is 5.32 Å². The minimum atomic E-state index is -4.46. The molecule has 0 radical (unpaired) electrons. The van der Waals surface area contributed by atoms with Crippen molar-refractivity contribution in [2.24, 2.45) is 0 Å². The lowest BCUT2D eigenvalue weighted by Crippen LogP contribution is -2.75. The van der Waals surface area contributed by atoms with Crippen LogP contribution >= 0.6 is 22.9 Å². The van der Waals surface area contributed by atoms with Gasteiger partial charge in [-0.2, -0.15) is 13.2 Å². The van der Waals surface area contributed by atoms with Crippen LogP contribution in [0.15, 0.2) is 18.2 Å². The van der Waals surface area contributed by atoms with Crippen LogP contribution in [-0.2, 0) is 15.7 Å². The van der Waals surface area contributed by atoms with Gasteiger partial charge in [-0.25, -0.2) is 0 Å². The van der Waals surface area contributed by atoms with Crippen molar-refractivity contribution >= 4 is 44.8 Å². The molecule has 4 rings (SSSR count). The Morgan fingerprint density at radius 2 is 2.08 bits per heavy atom. The first-order valence-corrected chi connectivity index (χ1v) is 8.85. The number of rotatable bonds is 1. The Kier molecular flexibility index (Phi) is 3.94. The molecule has 10 heteroatoms. The Labute approximate surface area is 154 Å². The highest BCUT2D eigenvalue weighted by molar-refractivity contribution is 7.21. The highest BCUT2D eigenvalue weighted by Crippen LogP contribution is 2.40. The van der Waals surface area contributed by atoms with Crippen LogP contribution in [0.2, 0.25) is 5.02 Å². The molecule has 2 aliphatic heterocycles. The second kappa shape index (κ2) is 5.83. The third kappa shape index (κ3) is 2.83. The van der Waals surface area contributed by atoms with Crippen molar-refractivity contribution in [3.05, 3.63) is 33.7 Å². The van der Waals surface area contributed by atoms with E-state index in [1.54, 1.807) is 0 Å². The molecule has 2 aromatic rings. The van der Waals surface area contributed by atoms with Crippen LogP contribution in [0.4, 0.5) is 13.2 Å². The smallest absolute Gasteiger partial charge is 0.369 e. The summed E-state index contributed by atoms with van der Waals surface area (Å²) in [5, 5.41) is 3.38. The molecule has 5 nitrogen and oxygen atoms in total. The van der Waals surface area contributed by atoms with Crippen LogP contribution in [0, 0.1) is 0 Å². The van der Waals surface area contributed by atoms with Crippen LogP contribution < -0.4 is 5.32 Å². The van der Waals surface area contributed by atoms with Crippen LogP contribution in [0.1, 0.15) is 15.2 Å². The number of thiophene rings is 1. The third-order valence-corrected chi connectivity index (χ3v) is 6.09. The van der Waals surface area contributed by atoms with Crippen molar-refractivity contribution in [1.29, 1.82) is 0 Å². The molecule has 1 aromatic carbocycles. The van der Waals surface area contributed by atoms with Crippen molar-refractivity contribution < 1.29 is 27.5 Å². The van der Waals surface area contributed by atoms with Crippen LogP contribution in [0.5, 0.6) is 0 Å². The van der Waals surface area contributed by atoms with E-state index in [1.807, 2.05) is 0 Å². The van der Waals surface area contributed by atoms with E-state index in [0.717, 1.165) is 23.5 Å². The fourth-order valence-electron chi connectivity index (χ4n) is 3.23. The Morgan fingerprint density at radius 3 is 2.73 bits per heavy atom. The van der Waals surface area contributed by atoms with E-state index in [9.17, 15) is 22.8 Å². The number of ether oxygens (including phenoxy) is 1. The number of morpholine rings is 1. The summed E-state index contributed by atoms with van der Waals surface area (Å²) >= 11 is 7.17. The molecule has 138 valence electrons. The molecule has 2 amide bonds. The average Bonchev–Trinajstić information content (AvgIpc) is 2.87. The lowest BCUT2D eigenvalue weighted by molar-refractivity contribution is -0.141.